The third-order valence-corrected chi connectivity index (χ3v) is 3.47. The van der Waals surface area contributed by atoms with E-state index in [9.17, 15) is 9.59 Å². The number of esters is 1. The Morgan fingerprint density at radius 3 is 2.64 bits per heavy atom. The summed E-state index contributed by atoms with van der Waals surface area (Å²) < 4.78 is 6.52. The number of rotatable bonds is 8. The Bertz CT molecular complexity index is 597. The minimum atomic E-state index is -0.435. The zero-order chi connectivity index (χ0) is 16.5. The van der Waals surface area contributed by atoms with Crippen LogP contribution in [0.1, 0.15) is 63.6 Å². The van der Waals surface area contributed by atoms with Crippen LogP contribution in [0.2, 0.25) is 0 Å². The molecule has 1 aromatic rings. The molecule has 0 amide bonds. The minimum Gasteiger partial charge on any atom is -0.464 e. The Morgan fingerprint density at radius 2 is 2.05 bits per heavy atom. The maximum absolute atomic E-state index is 12.2. The van der Waals surface area contributed by atoms with Crippen molar-refractivity contribution in [3.8, 4) is 6.07 Å². The van der Waals surface area contributed by atoms with Crippen molar-refractivity contribution in [2.24, 2.45) is 0 Å². The van der Waals surface area contributed by atoms with Gasteiger partial charge in [-0.05, 0) is 24.5 Å². The van der Waals surface area contributed by atoms with Gasteiger partial charge in [-0.1, -0.05) is 40.0 Å². The zero-order valence-corrected chi connectivity index (χ0v) is 13.6. The molecule has 0 aliphatic carbocycles. The number of aromatic nitrogens is 1. The molecule has 120 valence electrons. The molecule has 0 N–H and O–H groups in total. The quantitative estimate of drug-likeness (QED) is 0.547. The van der Waals surface area contributed by atoms with Crippen LogP contribution in [0.5, 0.6) is 0 Å². The van der Waals surface area contributed by atoms with Gasteiger partial charge >= 0.3 is 5.97 Å². The Kier molecular flexibility index (Phi) is 7.38. The van der Waals surface area contributed by atoms with Crippen LogP contribution in [0.15, 0.2) is 16.9 Å². The highest BCUT2D eigenvalue weighted by Crippen LogP contribution is 2.13. The van der Waals surface area contributed by atoms with Crippen molar-refractivity contribution >= 4 is 5.97 Å². The molecular formula is C17H24N2O3. The first-order chi connectivity index (χ1) is 10.5. The number of nitrogens with zero attached hydrogens (tertiary/aromatic N) is 2. The Balaban J connectivity index is 2.77. The van der Waals surface area contributed by atoms with Crippen LogP contribution in [0.25, 0.3) is 0 Å². The number of pyridine rings is 1. The van der Waals surface area contributed by atoms with Crippen molar-refractivity contribution in [2.45, 2.75) is 58.9 Å². The number of carbonyl (C=O) groups is 1. The van der Waals surface area contributed by atoms with Gasteiger partial charge in [-0.2, -0.15) is 5.26 Å². The van der Waals surface area contributed by atoms with Crippen LogP contribution < -0.4 is 5.56 Å². The molecule has 0 saturated heterocycles. The van der Waals surface area contributed by atoms with Crippen molar-refractivity contribution in [2.75, 3.05) is 6.61 Å². The van der Waals surface area contributed by atoms with Gasteiger partial charge in [-0.25, -0.2) is 0 Å². The van der Waals surface area contributed by atoms with Crippen LogP contribution >= 0.6 is 0 Å². The van der Waals surface area contributed by atoms with E-state index in [2.05, 4.69) is 6.92 Å². The summed E-state index contributed by atoms with van der Waals surface area (Å²) >= 11 is 0. The molecular weight excluding hydrogens is 280 g/mol. The molecule has 0 aromatic carbocycles. The van der Waals surface area contributed by atoms with E-state index in [0.717, 1.165) is 31.4 Å². The Hall–Kier alpha value is -2.09. The van der Waals surface area contributed by atoms with E-state index < -0.39 is 11.5 Å². The van der Waals surface area contributed by atoms with Gasteiger partial charge in [0, 0.05) is 5.69 Å². The number of nitriles is 1. The molecule has 5 heteroatoms. The van der Waals surface area contributed by atoms with Crippen molar-refractivity contribution < 1.29 is 9.53 Å². The van der Waals surface area contributed by atoms with Gasteiger partial charge in [0.25, 0.3) is 5.56 Å². The van der Waals surface area contributed by atoms with Gasteiger partial charge in [-0.3, -0.25) is 9.59 Å². The average Bonchev–Trinajstić information content (AvgIpc) is 2.48. The molecule has 5 nitrogen and oxygen atoms in total. The first kappa shape index (κ1) is 18.0. The van der Waals surface area contributed by atoms with Crippen LogP contribution in [0.3, 0.4) is 0 Å². The minimum absolute atomic E-state index is 0.0418. The topological polar surface area (TPSA) is 72.1 Å². The second-order valence-electron chi connectivity index (χ2n) is 5.61. The third-order valence-electron chi connectivity index (χ3n) is 3.47. The summed E-state index contributed by atoms with van der Waals surface area (Å²) in [5, 5.41) is 8.95. The monoisotopic (exact) mass is 304 g/mol. The fraction of sp³-hybridized carbons (Fsp3) is 0.588. The SMILES string of the molecule is CCCCCCOC(=O)Cn1c(C(C)C)ccc(C#N)c1=O. The molecule has 0 saturated carbocycles. The molecule has 0 spiro atoms. The maximum Gasteiger partial charge on any atom is 0.326 e. The second kappa shape index (κ2) is 9.04. The molecule has 0 bridgehead atoms. The van der Waals surface area contributed by atoms with E-state index in [1.54, 1.807) is 6.07 Å². The van der Waals surface area contributed by atoms with Crippen LogP contribution in [-0.2, 0) is 16.1 Å². The normalized spacial score (nSPS) is 10.5. The largest absolute Gasteiger partial charge is 0.464 e. The number of hydrogen-bond acceptors (Lipinski definition) is 4. The summed E-state index contributed by atoms with van der Waals surface area (Å²) in [6, 6.07) is 5.08. The van der Waals surface area contributed by atoms with Gasteiger partial charge in [-0.15, -0.1) is 0 Å². The standard InChI is InChI=1S/C17H24N2O3/c1-4-5-6-7-10-22-16(20)12-19-15(13(2)3)9-8-14(11-18)17(19)21/h8-9,13H,4-7,10,12H2,1-3H3. The Morgan fingerprint density at radius 1 is 1.32 bits per heavy atom. The van der Waals surface area contributed by atoms with E-state index in [-0.39, 0.29) is 18.0 Å². The molecule has 0 aliphatic heterocycles. The van der Waals surface area contributed by atoms with Gasteiger partial charge in [0.05, 0.1) is 6.61 Å². The van der Waals surface area contributed by atoms with Gasteiger partial charge < -0.3 is 9.30 Å². The fourth-order valence-electron chi connectivity index (χ4n) is 2.23. The van der Waals surface area contributed by atoms with E-state index >= 15 is 0 Å². The number of carbonyl (C=O) groups excluding carboxylic acids is 1. The average molecular weight is 304 g/mol. The summed E-state index contributed by atoms with van der Waals surface area (Å²) in [4.78, 5) is 24.1. The summed E-state index contributed by atoms with van der Waals surface area (Å²) in [6.45, 7) is 6.23. The van der Waals surface area contributed by atoms with E-state index in [0.29, 0.717) is 6.61 Å². The summed E-state index contributed by atoms with van der Waals surface area (Å²) in [5.41, 5.74) is 0.337. The van der Waals surface area contributed by atoms with E-state index in [1.807, 2.05) is 19.9 Å². The highest BCUT2D eigenvalue weighted by Gasteiger charge is 2.14. The first-order valence-corrected chi connectivity index (χ1v) is 7.80. The smallest absolute Gasteiger partial charge is 0.326 e. The van der Waals surface area contributed by atoms with E-state index in [4.69, 9.17) is 10.00 Å². The Labute approximate surface area is 131 Å². The van der Waals surface area contributed by atoms with Crippen LogP contribution in [0, 0.1) is 11.3 Å². The predicted molar refractivity (Wildman–Crippen MR) is 84.6 cm³/mol. The van der Waals surface area contributed by atoms with Gasteiger partial charge in [0.2, 0.25) is 0 Å². The third kappa shape index (κ3) is 5.03. The number of ether oxygens (including phenoxy) is 1. The van der Waals surface area contributed by atoms with Crippen molar-refractivity contribution in [1.29, 1.82) is 5.26 Å². The maximum atomic E-state index is 12.2. The lowest BCUT2D eigenvalue weighted by Crippen LogP contribution is -2.30. The molecule has 0 radical (unpaired) electrons. The molecule has 1 heterocycles. The summed E-state index contributed by atoms with van der Waals surface area (Å²) in [6.07, 6.45) is 4.12. The first-order valence-electron chi connectivity index (χ1n) is 7.80. The molecule has 22 heavy (non-hydrogen) atoms. The lowest BCUT2D eigenvalue weighted by Gasteiger charge is -2.15. The molecule has 0 aliphatic rings. The van der Waals surface area contributed by atoms with Crippen molar-refractivity contribution in [3.63, 3.8) is 0 Å². The number of hydrogen-bond donors (Lipinski definition) is 0. The molecule has 0 unspecified atom stereocenters. The van der Waals surface area contributed by atoms with Crippen molar-refractivity contribution in [1.82, 2.24) is 4.57 Å². The summed E-state index contributed by atoms with van der Waals surface area (Å²) in [7, 11) is 0. The lowest BCUT2D eigenvalue weighted by atomic mass is 10.1. The highest BCUT2D eigenvalue weighted by molar-refractivity contribution is 5.69. The van der Waals surface area contributed by atoms with Crippen LogP contribution in [0.4, 0.5) is 0 Å². The summed E-state index contributed by atoms with van der Waals surface area (Å²) in [5.74, 6) is -0.353. The fourth-order valence-corrected chi connectivity index (χ4v) is 2.23. The lowest BCUT2D eigenvalue weighted by molar-refractivity contribution is -0.144. The van der Waals surface area contributed by atoms with Gasteiger partial charge in [0.15, 0.2) is 0 Å². The molecule has 1 aromatic heterocycles. The predicted octanol–water partition coefficient (Wildman–Crippen LogP) is 2.97. The van der Waals surface area contributed by atoms with Crippen molar-refractivity contribution in [3.05, 3.63) is 33.7 Å². The second-order valence-corrected chi connectivity index (χ2v) is 5.61. The molecule has 1 rings (SSSR count). The van der Waals surface area contributed by atoms with E-state index in [1.165, 1.54) is 10.6 Å². The molecule has 0 fully saturated rings. The number of unbranched alkanes of at least 4 members (excludes halogenated alkanes) is 3. The van der Waals surface area contributed by atoms with Gasteiger partial charge in [0.1, 0.15) is 18.2 Å². The molecule has 0 atom stereocenters. The highest BCUT2D eigenvalue weighted by atomic mass is 16.5. The zero-order valence-electron chi connectivity index (χ0n) is 13.6. The van der Waals surface area contributed by atoms with Crippen LogP contribution in [-0.4, -0.2) is 17.1 Å².